The molecule has 132 valence electrons. The molecule has 0 fully saturated rings. The third kappa shape index (κ3) is 12.1. The van der Waals surface area contributed by atoms with E-state index in [1.165, 1.54) is 0 Å². The van der Waals surface area contributed by atoms with E-state index in [2.05, 4.69) is 29.5 Å². The van der Waals surface area contributed by atoms with E-state index in [-0.39, 0.29) is 24.0 Å². The van der Waals surface area contributed by atoms with Crippen molar-refractivity contribution in [1.29, 1.82) is 0 Å². The van der Waals surface area contributed by atoms with Crippen LogP contribution in [0.4, 0.5) is 0 Å². The maximum absolute atomic E-state index is 5.62. The van der Waals surface area contributed by atoms with Gasteiger partial charge in [-0.05, 0) is 24.5 Å². The van der Waals surface area contributed by atoms with E-state index in [0.717, 1.165) is 37.9 Å². The highest BCUT2D eigenvalue weighted by atomic mass is 127. The largest absolute Gasteiger partial charge is 0.492 e. The van der Waals surface area contributed by atoms with Crippen molar-refractivity contribution in [1.82, 2.24) is 10.6 Å². The summed E-state index contributed by atoms with van der Waals surface area (Å²) in [5.74, 6) is 2.27. The molecule has 0 bridgehead atoms. The minimum Gasteiger partial charge on any atom is -0.492 e. The van der Waals surface area contributed by atoms with Gasteiger partial charge in [-0.1, -0.05) is 32.0 Å². The van der Waals surface area contributed by atoms with Gasteiger partial charge in [-0.3, -0.25) is 4.99 Å². The molecule has 0 saturated heterocycles. The lowest BCUT2D eigenvalue weighted by atomic mass is 10.2. The van der Waals surface area contributed by atoms with Gasteiger partial charge >= 0.3 is 0 Å². The highest BCUT2D eigenvalue weighted by Crippen LogP contribution is 2.07. The predicted molar refractivity (Wildman–Crippen MR) is 107 cm³/mol. The van der Waals surface area contributed by atoms with Gasteiger partial charge in [-0.25, -0.2) is 0 Å². The van der Waals surface area contributed by atoms with Crippen LogP contribution in [0.25, 0.3) is 0 Å². The van der Waals surface area contributed by atoms with Crippen LogP contribution in [-0.4, -0.2) is 45.9 Å². The Morgan fingerprint density at radius 3 is 2.43 bits per heavy atom. The number of para-hydroxylation sites is 1. The Kier molecular flexibility index (Phi) is 13.9. The third-order valence-corrected chi connectivity index (χ3v) is 2.84. The zero-order chi connectivity index (χ0) is 16.0. The molecule has 0 radical (unpaired) electrons. The summed E-state index contributed by atoms with van der Waals surface area (Å²) in [6.07, 6.45) is 0.966. The summed E-state index contributed by atoms with van der Waals surface area (Å²) < 4.78 is 11.2. The molecule has 6 heteroatoms. The molecular formula is C17H30IN3O2. The summed E-state index contributed by atoms with van der Waals surface area (Å²) >= 11 is 0. The van der Waals surface area contributed by atoms with Gasteiger partial charge in [0, 0.05) is 26.8 Å². The molecule has 1 aromatic rings. The number of halogens is 1. The van der Waals surface area contributed by atoms with Crippen molar-refractivity contribution in [3.05, 3.63) is 30.3 Å². The van der Waals surface area contributed by atoms with Crippen LogP contribution in [0.15, 0.2) is 35.3 Å². The molecule has 0 aliphatic rings. The fraction of sp³-hybridized carbons (Fsp3) is 0.588. The van der Waals surface area contributed by atoms with Crippen molar-refractivity contribution in [2.24, 2.45) is 10.9 Å². The number of ether oxygens (including phenoxy) is 2. The molecule has 0 heterocycles. The van der Waals surface area contributed by atoms with Crippen molar-refractivity contribution in [2.75, 3.05) is 40.0 Å². The van der Waals surface area contributed by atoms with Crippen LogP contribution in [0.5, 0.6) is 5.75 Å². The Balaban J connectivity index is 0.00000484. The number of hydrogen-bond acceptors (Lipinski definition) is 3. The zero-order valence-corrected chi connectivity index (χ0v) is 16.7. The first-order chi connectivity index (χ1) is 10.7. The van der Waals surface area contributed by atoms with E-state index in [1.807, 2.05) is 30.3 Å². The Bertz CT molecular complexity index is 414. The molecule has 0 spiro atoms. The number of nitrogens with one attached hydrogen (secondary N) is 2. The fourth-order valence-corrected chi connectivity index (χ4v) is 1.78. The summed E-state index contributed by atoms with van der Waals surface area (Å²) in [5.41, 5.74) is 0. The van der Waals surface area contributed by atoms with Crippen LogP contribution in [-0.2, 0) is 4.74 Å². The van der Waals surface area contributed by atoms with Crippen LogP contribution < -0.4 is 15.4 Å². The van der Waals surface area contributed by atoms with Crippen molar-refractivity contribution in [3.8, 4) is 5.75 Å². The SMILES string of the molecule is CN=C(NCCCOCC(C)C)NCCOc1ccccc1.I. The number of nitrogens with zero attached hydrogens (tertiary/aromatic N) is 1. The van der Waals surface area contributed by atoms with E-state index in [0.29, 0.717) is 19.1 Å². The monoisotopic (exact) mass is 435 g/mol. The second-order valence-corrected chi connectivity index (χ2v) is 5.41. The summed E-state index contributed by atoms with van der Waals surface area (Å²) in [5, 5.41) is 6.48. The molecular weight excluding hydrogens is 405 g/mol. The first kappa shape index (κ1) is 22.0. The van der Waals surface area contributed by atoms with E-state index >= 15 is 0 Å². The van der Waals surface area contributed by atoms with Crippen molar-refractivity contribution < 1.29 is 9.47 Å². The molecule has 0 aliphatic heterocycles. The van der Waals surface area contributed by atoms with Crippen molar-refractivity contribution >= 4 is 29.9 Å². The van der Waals surface area contributed by atoms with Gasteiger partial charge < -0.3 is 20.1 Å². The zero-order valence-electron chi connectivity index (χ0n) is 14.4. The second kappa shape index (κ2) is 14.6. The fourth-order valence-electron chi connectivity index (χ4n) is 1.78. The Morgan fingerprint density at radius 2 is 1.78 bits per heavy atom. The normalized spacial score (nSPS) is 11.0. The average Bonchev–Trinajstić information content (AvgIpc) is 2.53. The van der Waals surface area contributed by atoms with E-state index < -0.39 is 0 Å². The van der Waals surface area contributed by atoms with Crippen molar-refractivity contribution in [2.45, 2.75) is 20.3 Å². The summed E-state index contributed by atoms with van der Waals surface area (Å²) in [6.45, 7) is 8.06. The maximum atomic E-state index is 5.62. The third-order valence-electron chi connectivity index (χ3n) is 2.84. The highest BCUT2D eigenvalue weighted by molar-refractivity contribution is 14.0. The smallest absolute Gasteiger partial charge is 0.191 e. The molecule has 0 saturated carbocycles. The minimum atomic E-state index is 0. The topological polar surface area (TPSA) is 54.9 Å². The lowest BCUT2D eigenvalue weighted by Crippen LogP contribution is -2.39. The molecule has 23 heavy (non-hydrogen) atoms. The summed E-state index contributed by atoms with van der Waals surface area (Å²) in [7, 11) is 1.77. The first-order valence-electron chi connectivity index (χ1n) is 7.92. The average molecular weight is 435 g/mol. The molecule has 5 nitrogen and oxygen atoms in total. The number of rotatable bonds is 10. The molecule has 0 aromatic heterocycles. The van der Waals surface area contributed by atoms with Gasteiger partial charge in [-0.2, -0.15) is 0 Å². The van der Waals surface area contributed by atoms with Crippen LogP contribution in [0.3, 0.4) is 0 Å². The number of hydrogen-bond donors (Lipinski definition) is 2. The van der Waals surface area contributed by atoms with Crippen LogP contribution >= 0.6 is 24.0 Å². The number of guanidine groups is 1. The van der Waals surface area contributed by atoms with Crippen LogP contribution in [0.1, 0.15) is 20.3 Å². The maximum Gasteiger partial charge on any atom is 0.191 e. The van der Waals surface area contributed by atoms with E-state index in [4.69, 9.17) is 9.47 Å². The highest BCUT2D eigenvalue weighted by Gasteiger charge is 1.98. The minimum absolute atomic E-state index is 0. The van der Waals surface area contributed by atoms with Crippen LogP contribution in [0, 0.1) is 5.92 Å². The molecule has 0 unspecified atom stereocenters. The van der Waals surface area contributed by atoms with Gasteiger partial charge in [0.15, 0.2) is 5.96 Å². The quantitative estimate of drug-likeness (QED) is 0.257. The molecule has 0 amide bonds. The lowest BCUT2D eigenvalue weighted by molar-refractivity contribution is 0.108. The molecule has 1 rings (SSSR count). The molecule has 0 aliphatic carbocycles. The first-order valence-corrected chi connectivity index (χ1v) is 7.92. The van der Waals surface area contributed by atoms with Gasteiger partial charge in [-0.15, -0.1) is 24.0 Å². The molecule has 2 N–H and O–H groups in total. The standard InChI is InChI=1S/C17H29N3O2.HI/c1-15(2)14-21-12-7-10-19-17(18-3)20-11-13-22-16-8-5-4-6-9-16;/h4-6,8-9,15H,7,10-14H2,1-3H3,(H2,18,19,20);1H. The lowest BCUT2D eigenvalue weighted by Gasteiger charge is -2.13. The summed E-state index contributed by atoms with van der Waals surface area (Å²) in [4.78, 5) is 4.18. The Hall–Kier alpha value is -1.02. The second-order valence-electron chi connectivity index (χ2n) is 5.41. The van der Waals surface area contributed by atoms with Gasteiger partial charge in [0.05, 0.1) is 6.54 Å². The molecule has 0 atom stereocenters. The molecule has 1 aromatic carbocycles. The number of aliphatic imine (C=N–C) groups is 1. The van der Waals surface area contributed by atoms with Crippen molar-refractivity contribution in [3.63, 3.8) is 0 Å². The van der Waals surface area contributed by atoms with Gasteiger partial charge in [0.2, 0.25) is 0 Å². The van der Waals surface area contributed by atoms with Gasteiger partial charge in [0.1, 0.15) is 12.4 Å². The van der Waals surface area contributed by atoms with Crippen LogP contribution in [0.2, 0.25) is 0 Å². The summed E-state index contributed by atoms with van der Waals surface area (Å²) in [6, 6.07) is 9.80. The predicted octanol–water partition coefficient (Wildman–Crippen LogP) is 2.91. The Morgan fingerprint density at radius 1 is 1.09 bits per heavy atom. The van der Waals surface area contributed by atoms with Gasteiger partial charge in [0.25, 0.3) is 0 Å². The Labute approximate surface area is 157 Å². The van der Waals surface area contributed by atoms with E-state index in [9.17, 15) is 0 Å². The number of benzene rings is 1. The van der Waals surface area contributed by atoms with E-state index in [1.54, 1.807) is 7.05 Å².